The second-order valence-electron chi connectivity index (χ2n) is 8.64. The second kappa shape index (κ2) is 12.9. The molecule has 2 aromatic rings. The van der Waals surface area contributed by atoms with Gasteiger partial charge in [-0.1, -0.05) is 32.0 Å². The Bertz CT molecular complexity index is 1120. The first-order valence-electron chi connectivity index (χ1n) is 11.2. The lowest BCUT2D eigenvalue weighted by Gasteiger charge is -2.25. The number of H-pyrrole nitrogens is 1. The van der Waals surface area contributed by atoms with Crippen LogP contribution in [0.5, 0.6) is 0 Å². The average Bonchev–Trinajstić information content (AvgIpc) is 3.23. The highest BCUT2D eigenvalue weighted by Gasteiger charge is 2.31. The summed E-state index contributed by atoms with van der Waals surface area (Å²) < 4.78 is 0. The number of thiol groups is 1. The molecule has 2 rings (SSSR count). The quantitative estimate of drug-likeness (QED) is 0.163. The van der Waals surface area contributed by atoms with Crippen molar-refractivity contribution in [2.75, 3.05) is 5.75 Å². The zero-order chi connectivity index (χ0) is 27.0. The maximum atomic E-state index is 13.2. The molecule has 0 saturated carbocycles. The molecule has 0 aliphatic rings. The van der Waals surface area contributed by atoms with E-state index in [4.69, 9.17) is 10.8 Å². The third-order valence-corrected chi connectivity index (χ3v) is 5.93. The van der Waals surface area contributed by atoms with Crippen LogP contribution in [0.1, 0.15) is 25.8 Å². The average molecular weight is 522 g/mol. The fourth-order valence-corrected chi connectivity index (χ4v) is 3.67. The highest BCUT2D eigenvalue weighted by atomic mass is 32.1. The number of aromatic nitrogens is 1. The van der Waals surface area contributed by atoms with E-state index in [2.05, 4.69) is 33.6 Å². The van der Waals surface area contributed by atoms with Gasteiger partial charge in [-0.3, -0.25) is 19.2 Å². The molecule has 8 N–H and O–H groups in total. The van der Waals surface area contributed by atoms with Crippen molar-refractivity contribution in [3.8, 4) is 0 Å². The summed E-state index contributed by atoms with van der Waals surface area (Å²) in [5.41, 5.74) is 7.52. The van der Waals surface area contributed by atoms with Gasteiger partial charge in [0.2, 0.25) is 17.7 Å². The van der Waals surface area contributed by atoms with E-state index < -0.39 is 60.2 Å². The molecule has 3 amide bonds. The Morgan fingerprint density at radius 3 is 2.11 bits per heavy atom. The van der Waals surface area contributed by atoms with Crippen molar-refractivity contribution in [2.45, 2.75) is 50.9 Å². The number of hydrogen-bond acceptors (Lipinski definition) is 7. The van der Waals surface area contributed by atoms with Gasteiger partial charge in [-0.05, 0) is 17.5 Å². The molecule has 1 heterocycles. The van der Waals surface area contributed by atoms with Crippen LogP contribution in [0.3, 0.4) is 0 Å². The van der Waals surface area contributed by atoms with Gasteiger partial charge in [0.1, 0.15) is 18.1 Å². The highest BCUT2D eigenvalue weighted by Crippen LogP contribution is 2.19. The summed E-state index contributed by atoms with van der Waals surface area (Å²) in [6.07, 6.45) is 0.941. The predicted octanol–water partition coefficient (Wildman–Crippen LogP) is -0.363. The number of nitrogens with two attached hydrogens (primary N) is 1. The number of carbonyl (C=O) groups excluding carboxylic acids is 3. The zero-order valence-electron chi connectivity index (χ0n) is 19.9. The fraction of sp³-hybridized carbons (Fsp3) is 0.435. The van der Waals surface area contributed by atoms with Gasteiger partial charge in [0, 0.05) is 29.3 Å². The van der Waals surface area contributed by atoms with Crippen LogP contribution in [0.15, 0.2) is 30.5 Å². The summed E-state index contributed by atoms with van der Waals surface area (Å²) in [4.78, 5) is 63.8. The van der Waals surface area contributed by atoms with Crippen LogP contribution >= 0.6 is 12.6 Å². The van der Waals surface area contributed by atoms with E-state index in [1.165, 1.54) is 0 Å². The van der Waals surface area contributed by atoms with E-state index in [1.807, 2.05) is 24.3 Å². The summed E-state index contributed by atoms with van der Waals surface area (Å²) >= 11 is 4.06. The molecule has 36 heavy (non-hydrogen) atoms. The Balaban J connectivity index is 2.24. The molecule has 4 unspecified atom stereocenters. The monoisotopic (exact) mass is 521 g/mol. The Kier molecular flexibility index (Phi) is 10.3. The number of hydrogen-bond donors (Lipinski definition) is 8. The van der Waals surface area contributed by atoms with Crippen molar-refractivity contribution in [1.29, 1.82) is 0 Å². The van der Waals surface area contributed by atoms with Gasteiger partial charge < -0.3 is 36.9 Å². The van der Waals surface area contributed by atoms with Gasteiger partial charge in [-0.25, -0.2) is 4.79 Å². The summed E-state index contributed by atoms with van der Waals surface area (Å²) in [6.45, 7) is 3.52. The number of benzene rings is 1. The van der Waals surface area contributed by atoms with Crippen molar-refractivity contribution < 1.29 is 34.2 Å². The number of carboxylic acid groups (broad SMARTS) is 2. The number of carbonyl (C=O) groups is 5. The van der Waals surface area contributed by atoms with Crippen LogP contribution in [-0.4, -0.2) is 74.8 Å². The minimum absolute atomic E-state index is 0.0735. The number of para-hydroxylation sites is 1. The molecule has 13 heteroatoms. The molecule has 196 valence electrons. The van der Waals surface area contributed by atoms with E-state index in [0.29, 0.717) is 0 Å². The Morgan fingerprint density at radius 2 is 1.53 bits per heavy atom. The lowest BCUT2D eigenvalue weighted by atomic mass is 10.0. The highest BCUT2D eigenvalue weighted by molar-refractivity contribution is 7.80. The van der Waals surface area contributed by atoms with Crippen molar-refractivity contribution in [3.05, 3.63) is 36.0 Å². The lowest BCUT2D eigenvalue weighted by molar-refractivity contribution is -0.147. The lowest BCUT2D eigenvalue weighted by Crippen LogP contribution is -2.58. The van der Waals surface area contributed by atoms with Crippen molar-refractivity contribution in [2.24, 2.45) is 11.7 Å². The van der Waals surface area contributed by atoms with Gasteiger partial charge in [0.05, 0.1) is 12.5 Å². The van der Waals surface area contributed by atoms with Gasteiger partial charge in [-0.2, -0.15) is 12.6 Å². The number of nitrogens with one attached hydrogen (secondary N) is 4. The van der Waals surface area contributed by atoms with E-state index in [9.17, 15) is 29.1 Å². The molecule has 0 spiro atoms. The van der Waals surface area contributed by atoms with Gasteiger partial charge >= 0.3 is 11.9 Å². The number of aliphatic carboxylic acids is 2. The van der Waals surface area contributed by atoms with E-state index in [-0.39, 0.29) is 18.1 Å². The van der Waals surface area contributed by atoms with Crippen molar-refractivity contribution in [3.63, 3.8) is 0 Å². The van der Waals surface area contributed by atoms with Crippen molar-refractivity contribution >= 4 is 53.2 Å². The van der Waals surface area contributed by atoms with E-state index in [0.717, 1.165) is 16.5 Å². The predicted molar refractivity (Wildman–Crippen MR) is 134 cm³/mol. The molecular formula is C23H31N5O7S. The first-order valence-corrected chi connectivity index (χ1v) is 11.8. The van der Waals surface area contributed by atoms with Crippen LogP contribution in [-0.2, 0) is 30.4 Å². The Labute approximate surface area is 212 Å². The summed E-state index contributed by atoms with van der Waals surface area (Å²) in [5.74, 6) is -5.56. The number of amides is 3. The number of fused-ring (bicyclic) bond motifs is 1. The van der Waals surface area contributed by atoms with Gasteiger partial charge in [0.15, 0.2) is 0 Å². The molecule has 12 nitrogen and oxygen atoms in total. The SMILES string of the molecule is CC(C)C(N)C(=O)NC(Cc1c[nH]c2ccccc12)C(=O)NC(CS)C(=O)NC(CC(=O)O)C(=O)O. The van der Waals surface area contributed by atoms with Crippen LogP contribution in [0.25, 0.3) is 10.9 Å². The van der Waals surface area contributed by atoms with Crippen LogP contribution in [0, 0.1) is 5.92 Å². The molecule has 1 aromatic carbocycles. The van der Waals surface area contributed by atoms with Crippen LogP contribution in [0.4, 0.5) is 0 Å². The normalized spacial score (nSPS) is 14.5. The molecule has 0 aliphatic heterocycles. The molecule has 0 aliphatic carbocycles. The molecule has 0 bridgehead atoms. The van der Waals surface area contributed by atoms with E-state index >= 15 is 0 Å². The minimum Gasteiger partial charge on any atom is -0.481 e. The maximum absolute atomic E-state index is 13.2. The van der Waals surface area contributed by atoms with Crippen LogP contribution < -0.4 is 21.7 Å². The third kappa shape index (κ3) is 7.71. The fourth-order valence-electron chi connectivity index (χ4n) is 3.41. The summed E-state index contributed by atoms with van der Waals surface area (Å²) in [5, 5.41) is 26.1. The molecule has 0 saturated heterocycles. The smallest absolute Gasteiger partial charge is 0.326 e. The molecular weight excluding hydrogens is 490 g/mol. The number of aromatic amines is 1. The topological polar surface area (TPSA) is 204 Å². The van der Waals surface area contributed by atoms with Gasteiger partial charge in [-0.15, -0.1) is 0 Å². The third-order valence-electron chi connectivity index (χ3n) is 5.56. The summed E-state index contributed by atoms with van der Waals surface area (Å²) in [7, 11) is 0. The molecule has 0 radical (unpaired) electrons. The number of rotatable bonds is 13. The molecule has 0 fully saturated rings. The van der Waals surface area contributed by atoms with E-state index in [1.54, 1.807) is 20.0 Å². The standard InChI is InChI=1S/C23H31N5O7S/c1-11(2)19(24)22(33)26-15(7-12-9-25-14-6-4-3-5-13(12)14)20(31)28-17(10-36)21(32)27-16(23(34)35)8-18(29)30/h3-6,9,11,15-17,19,25,36H,7-8,10,24H2,1-2H3,(H,26,33)(H,27,32)(H,28,31)(H,29,30)(H,34,35). The first kappa shape index (κ1) is 28.7. The van der Waals surface area contributed by atoms with Crippen molar-refractivity contribution in [1.82, 2.24) is 20.9 Å². The molecule has 4 atom stereocenters. The Hall–Kier alpha value is -3.58. The first-order chi connectivity index (χ1) is 16.9. The van der Waals surface area contributed by atoms with Crippen LogP contribution in [0.2, 0.25) is 0 Å². The maximum Gasteiger partial charge on any atom is 0.326 e. The zero-order valence-corrected chi connectivity index (χ0v) is 20.7. The number of carboxylic acids is 2. The summed E-state index contributed by atoms with van der Waals surface area (Å²) in [6, 6.07) is 2.41. The molecule has 1 aromatic heterocycles. The Morgan fingerprint density at radius 1 is 0.944 bits per heavy atom. The largest absolute Gasteiger partial charge is 0.481 e. The second-order valence-corrected chi connectivity index (χ2v) is 9.00. The minimum atomic E-state index is -1.69. The van der Waals surface area contributed by atoms with Gasteiger partial charge in [0.25, 0.3) is 0 Å².